The predicted octanol–water partition coefficient (Wildman–Crippen LogP) is 0.609. The number of ether oxygens (including phenoxy) is 1. The minimum atomic E-state index is 0.0995. The molecule has 2 unspecified atom stereocenters. The Morgan fingerprint density at radius 2 is 2.27 bits per heavy atom. The van der Waals surface area contributed by atoms with Crippen LogP contribution in [0.4, 0.5) is 0 Å². The fourth-order valence-corrected chi connectivity index (χ4v) is 2.01. The molecule has 1 heterocycles. The summed E-state index contributed by atoms with van der Waals surface area (Å²) in [6.07, 6.45) is 2.32. The van der Waals surface area contributed by atoms with E-state index < -0.39 is 0 Å². The van der Waals surface area contributed by atoms with Crippen LogP contribution in [0.25, 0.3) is 0 Å². The van der Waals surface area contributed by atoms with Gasteiger partial charge >= 0.3 is 0 Å². The monoisotopic (exact) mass is 214 g/mol. The molecule has 0 aromatic heterocycles. The summed E-state index contributed by atoms with van der Waals surface area (Å²) >= 11 is 0. The van der Waals surface area contributed by atoms with E-state index in [0.29, 0.717) is 25.1 Å². The van der Waals surface area contributed by atoms with E-state index >= 15 is 0 Å². The van der Waals surface area contributed by atoms with Crippen molar-refractivity contribution in [3.8, 4) is 0 Å². The molecule has 0 aromatic rings. The summed E-state index contributed by atoms with van der Waals surface area (Å²) in [6, 6.07) is 0.340. The van der Waals surface area contributed by atoms with Crippen LogP contribution < -0.4 is 5.73 Å². The third-order valence-electron chi connectivity index (χ3n) is 3.18. The number of rotatable bonds is 4. The first-order valence-electron chi connectivity index (χ1n) is 5.74. The van der Waals surface area contributed by atoms with Gasteiger partial charge in [-0.1, -0.05) is 6.92 Å². The molecule has 1 aliphatic heterocycles. The molecule has 1 aliphatic rings. The fourth-order valence-electron chi connectivity index (χ4n) is 2.01. The molecule has 4 heteroatoms. The highest BCUT2D eigenvalue weighted by molar-refractivity contribution is 5.77. The van der Waals surface area contributed by atoms with Crippen molar-refractivity contribution in [2.24, 2.45) is 11.7 Å². The Morgan fingerprint density at radius 3 is 2.93 bits per heavy atom. The number of amides is 1. The van der Waals surface area contributed by atoms with E-state index in [4.69, 9.17) is 10.5 Å². The number of hydrogen-bond donors (Lipinski definition) is 1. The minimum Gasteiger partial charge on any atom is -0.370 e. The van der Waals surface area contributed by atoms with Crippen molar-refractivity contribution in [1.82, 2.24) is 4.90 Å². The summed E-state index contributed by atoms with van der Waals surface area (Å²) in [4.78, 5) is 13.7. The van der Waals surface area contributed by atoms with Gasteiger partial charge in [0.25, 0.3) is 0 Å². The van der Waals surface area contributed by atoms with Gasteiger partial charge in [0.05, 0.1) is 6.61 Å². The van der Waals surface area contributed by atoms with Gasteiger partial charge in [-0.2, -0.15) is 0 Å². The van der Waals surface area contributed by atoms with Crippen LogP contribution in [0.2, 0.25) is 0 Å². The maximum atomic E-state index is 11.8. The molecule has 0 aliphatic carbocycles. The van der Waals surface area contributed by atoms with Crippen molar-refractivity contribution in [3.05, 3.63) is 0 Å². The van der Waals surface area contributed by atoms with E-state index in [1.165, 1.54) is 6.42 Å². The number of carbonyl (C=O) groups is 1. The Labute approximate surface area is 91.8 Å². The second-order valence-corrected chi connectivity index (χ2v) is 4.29. The van der Waals surface area contributed by atoms with Crippen molar-refractivity contribution in [1.29, 1.82) is 0 Å². The van der Waals surface area contributed by atoms with Gasteiger partial charge in [-0.05, 0) is 25.7 Å². The quantitative estimate of drug-likeness (QED) is 0.698. The van der Waals surface area contributed by atoms with Crippen LogP contribution in [0.15, 0.2) is 0 Å². The van der Waals surface area contributed by atoms with Crippen molar-refractivity contribution in [2.45, 2.75) is 32.7 Å². The van der Waals surface area contributed by atoms with E-state index in [1.807, 2.05) is 4.90 Å². The lowest BCUT2D eigenvalue weighted by Gasteiger charge is -2.37. The molecule has 1 amide bonds. The molecule has 0 spiro atoms. The van der Waals surface area contributed by atoms with Crippen molar-refractivity contribution >= 4 is 5.91 Å². The third kappa shape index (κ3) is 3.47. The molecular weight excluding hydrogens is 192 g/mol. The van der Waals surface area contributed by atoms with Gasteiger partial charge in [0.2, 0.25) is 5.91 Å². The molecule has 0 aromatic carbocycles. The number of hydrogen-bond acceptors (Lipinski definition) is 3. The summed E-state index contributed by atoms with van der Waals surface area (Å²) in [5, 5.41) is 0. The number of nitrogens with two attached hydrogens (primary N) is 1. The number of nitrogens with zero attached hydrogens (tertiary/aromatic N) is 1. The summed E-state index contributed by atoms with van der Waals surface area (Å²) < 4.78 is 5.17. The first kappa shape index (κ1) is 12.5. The molecule has 0 bridgehead atoms. The van der Waals surface area contributed by atoms with Gasteiger partial charge in [0.15, 0.2) is 0 Å². The molecule has 0 saturated carbocycles. The molecule has 4 nitrogen and oxygen atoms in total. The summed E-state index contributed by atoms with van der Waals surface area (Å²) in [6.45, 7) is 6.29. The zero-order valence-corrected chi connectivity index (χ0v) is 9.74. The molecule has 2 atom stereocenters. The Morgan fingerprint density at radius 1 is 1.53 bits per heavy atom. The van der Waals surface area contributed by atoms with Gasteiger partial charge < -0.3 is 15.4 Å². The average Bonchev–Trinajstić information content (AvgIpc) is 2.22. The van der Waals surface area contributed by atoms with E-state index in [2.05, 4.69) is 13.8 Å². The summed E-state index contributed by atoms with van der Waals surface area (Å²) in [5.74, 6) is 0.694. The Bertz CT molecular complexity index is 209. The highest BCUT2D eigenvalue weighted by Crippen LogP contribution is 2.22. The van der Waals surface area contributed by atoms with E-state index in [0.717, 1.165) is 13.0 Å². The average molecular weight is 214 g/mol. The highest BCUT2D eigenvalue weighted by atomic mass is 16.5. The van der Waals surface area contributed by atoms with Crippen molar-refractivity contribution in [3.63, 3.8) is 0 Å². The number of piperidine rings is 1. The van der Waals surface area contributed by atoms with Crippen LogP contribution in [0.3, 0.4) is 0 Å². The third-order valence-corrected chi connectivity index (χ3v) is 3.18. The van der Waals surface area contributed by atoms with E-state index in [-0.39, 0.29) is 12.5 Å². The lowest BCUT2D eigenvalue weighted by molar-refractivity contribution is -0.140. The smallest absolute Gasteiger partial charge is 0.248 e. The predicted molar refractivity (Wildman–Crippen MR) is 59.4 cm³/mol. The highest BCUT2D eigenvalue weighted by Gasteiger charge is 2.27. The Balaban J connectivity index is 2.37. The molecule has 1 fully saturated rings. The Hall–Kier alpha value is -0.610. The molecular formula is C11H22N2O2. The largest absolute Gasteiger partial charge is 0.370 e. The van der Waals surface area contributed by atoms with Gasteiger partial charge in [0.1, 0.15) is 6.61 Å². The van der Waals surface area contributed by atoms with E-state index in [9.17, 15) is 4.79 Å². The fraction of sp³-hybridized carbons (Fsp3) is 0.909. The normalized spacial score (nSPS) is 26.7. The van der Waals surface area contributed by atoms with Gasteiger partial charge in [-0.15, -0.1) is 0 Å². The standard InChI is InChI=1S/C11H22N2O2/c1-9-4-3-6-13(10(9)2)11(14)8-15-7-5-12/h9-10H,3-8,12H2,1-2H3. The van der Waals surface area contributed by atoms with Gasteiger partial charge in [-0.25, -0.2) is 0 Å². The van der Waals surface area contributed by atoms with Crippen LogP contribution in [0.1, 0.15) is 26.7 Å². The SMILES string of the molecule is CC1CCCN(C(=O)COCCN)C1C. The molecule has 1 saturated heterocycles. The zero-order valence-electron chi connectivity index (χ0n) is 9.74. The lowest BCUT2D eigenvalue weighted by Crippen LogP contribution is -2.47. The second-order valence-electron chi connectivity index (χ2n) is 4.29. The van der Waals surface area contributed by atoms with Crippen LogP contribution >= 0.6 is 0 Å². The molecule has 15 heavy (non-hydrogen) atoms. The van der Waals surface area contributed by atoms with Crippen molar-refractivity contribution < 1.29 is 9.53 Å². The maximum absolute atomic E-state index is 11.8. The minimum absolute atomic E-state index is 0.0995. The second kappa shape index (κ2) is 6.08. The molecule has 1 rings (SSSR count). The number of carbonyl (C=O) groups excluding carboxylic acids is 1. The van der Waals surface area contributed by atoms with Crippen LogP contribution in [0, 0.1) is 5.92 Å². The molecule has 2 N–H and O–H groups in total. The van der Waals surface area contributed by atoms with E-state index in [1.54, 1.807) is 0 Å². The van der Waals surface area contributed by atoms with Crippen LogP contribution in [-0.2, 0) is 9.53 Å². The lowest BCUT2D eigenvalue weighted by atomic mass is 9.92. The summed E-state index contributed by atoms with van der Waals surface area (Å²) in [7, 11) is 0. The topological polar surface area (TPSA) is 55.6 Å². The maximum Gasteiger partial charge on any atom is 0.248 e. The number of likely N-dealkylation sites (tertiary alicyclic amines) is 1. The molecule has 88 valence electrons. The van der Waals surface area contributed by atoms with Crippen LogP contribution in [0.5, 0.6) is 0 Å². The summed E-state index contributed by atoms with van der Waals surface area (Å²) in [5.41, 5.74) is 5.29. The Kier molecular flexibility index (Phi) is 5.05. The first-order valence-corrected chi connectivity index (χ1v) is 5.74. The first-order chi connectivity index (χ1) is 7.16. The van der Waals surface area contributed by atoms with Crippen molar-refractivity contribution in [2.75, 3.05) is 26.3 Å². The molecule has 0 radical (unpaired) electrons. The zero-order chi connectivity index (χ0) is 11.3. The van der Waals surface area contributed by atoms with Crippen LogP contribution in [-0.4, -0.2) is 43.2 Å². The van der Waals surface area contributed by atoms with Gasteiger partial charge in [-0.3, -0.25) is 4.79 Å². The van der Waals surface area contributed by atoms with Gasteiger partial charge in [0, 0.05) is 19.1 Å².